The van der Waals surface area contributed by atoms with Crippen LogP contribution in [0.3, 0.4) is 0 Å². The summed E-state index contributed by atoms with van der Waals surface area (Å²) in [6.45, 7) is -2.02. The number of esters is 1. The lowest BCUT2D eigenvalue weighted by Gasteiger charge is -2.56. The number of hydrogen-bond acceptors (Lipinski definition) is 22. The third-order valence-electron chi connectivity index (χ3n) is 11.8. The van der Waals surface area contributed by atoms with E-state index in [1.807, 2.05) is 29.0 Å². The van der Waals surface area contributed by atoms with Crippen LogP contribution in [0.4, 0.5) is 87.8 Å². The van der Waals surface area contributed by atoms with Gasteiger partial charge < -0.3 is 46.4 Å². The molecule has 0 heterocycles. The normalized spacial score (nSPS) is 19.0. The van der Waals surface area contributed by atoms with Crippen molar-refractivity contribution in [3.05, 3.63) is 89.8 Å². The molecule has 4 fully saturated rings. The van der Waals surface area contributed by atoms with E-state index in [2.05, 4.69) is 25.5 Å². The van der Waals surface area contributed by atoms with E-state index in [9.17, 15) is 157 Å². The SMILES string of the molecule is C=CCOC(F)(F)CS(=O)(=O)[O-].O=C(CS(=O)(=O)[O-])OCCOc1c(F)c(F)c(F)c(F)c1F.O=S(=O)([O-])C(F)(F)COC12CC3CC(CC(C3)C1)C2.O=S(=O)([O-])C(F)(F)COCc1ccc2ccccc2c1.O=S(=O)([O-])CC(F)(F)OC(F)(F)C(F)(F)C(F)(F)F. The Labute approximate surface area is 506 Å². The van der Waals surface area contributed by atoms with Crippen LogP contribution in [0, 0.1) is 46.8 Å². The van der Waals surface area contributed by atoms with Crippen molar-refractivity contribution in [2.75, 3.05) is 50.3 Å². The Kier molecular flexibility index (Phi) is 28.2. The summed E-state index contributed by atoms with van der Waals surface area (Å²) in [7, 11) is -27.1. The third-order valence-corrected chi connectivity index (χ3v) is 15.4. The van der Waals surface area contributed by atoms with Crippen molar-refractivity contribution >= 4 is 67.3 Å². The van der Waals surface area contributed by atoms with E-state index in [-0.39, 0.29) is 6.61 Å². The molecule has 47 heteroatoms. The minimum Gasteiger partial charge on any atom is -0.748 e. The second kappa shape index (κ2) is 31.2. The lowest BCUT2D eigenvalue weighted by molar-refractivity contribution is -0.468. The van der Waals surface area contributed by atoms with E-state index < -0.39 is 188 Å². The molecule has 530 valence electrons. The second-order valence-electron chi connectivity index (χ2n) is 19.4. The number of carbonyl (C=O) groups is 1. The molecule has 4 aliphatic carbocycles. The minimum atomic E-state index is -7.02. The molecule has 0 aliphatic heterocycles. The summed E-state index contributed by atoms with van der Waals surface area (Å²) >= 11 is 0. The van der Waals surface area contributed by atoms with E-state index >= 15 is 0 Å². The van der Waals surface area contributed by atoms with Crippen molar-refractivity contribution in [2.24, 2.45) is 17.8 Å². The second-order valence-corrected chi connectivity index (χ2v) is 26.6. The summed E-state index contributed by atoms with van der Waals surface area (Å²) in [6.07, 6.45) is -16.8. The van der Waals surface area contributed by atoms with Crippen molar-refractivity contribution in [3.63, 3.8) is 0 Å². The fraction of sp³-hybridized carbons (Fsp3) is 0.578. The van der Waals surface area contributed by atoms with Gasteiger partial charge in [-0.3, -0.25) is 4.79 Å². The van der Waals surface area contributed by atoms with E-state index in [0.29, 0.717) is 23.3 Å². The van der Waals surface area contributed by atoms with Crippen LogP contribution in [0.25, 0.3) is 10.8 Å². The molecule has 0 N–H and O–H groups in total. The van der Waals surface area contributed by atoms with E-state index in [1.54, 1.807) is 18.2 Å². The van der Waals surface area contributed by atoms with Crippen LogP contribution in [0.1, 0.15) is 44.1 Å². The topological polar surface area (TPSA) is 358 Å². The Balaban J connectivity index is 0.000000396. The smallest absolute Gasteiger partial charge is 0.462 e. The van der Waals surface area contributed by atoms with Crippen LogP contribution in [0.5, 0.6) is 5.75 Å². The fourth-order valence-corrected chi connectivity index (χ4v) is 10.3. The van der Waals surface area contributed by atoms with Crippen LogP contribution in [-0.4, -0.2) is 168 Å². The molecular weight excluding hydrogens is 1430 g/mol. The number of fused-ring (bicyclic) bond motifs is 1. The van der Waals surface area contributed by atoms with Gasteiger partial charge in [-0.1, -0.05) is 42.5 Å². The first-order valence-electron chi connectivity index (χ1n) is 24.2. The Morgan fingerprint density at radius 1 is 0.576 bits per heavy atom. The summed E-state index contributed by atoms with van der Waals surface area (Å²) in [5.41, 5.74) is 0.00544. The Morgan fingerprint density at radius 3 is 1.43 bits per heavy atom. The summed E-state index contributed by atoms with van der Waals surface area (Å²) in [6, 6.07) is 12.7. The first-order valence-corrected chi connectivity index (χ1v) is 31.8. The highest BCUT2D eigenvalue weighted by molar-refractivity contribution is 7.87. The molecular formula is C45H43F20O22S5-5. The van der Waals surface area contributed by atoms with E-state index in [1.165, 1.54) is 0 Å². The number of alkyl halides is 15. The molecule has 7 rings (SSSR count). The molecule has 0 amide bonds. The number of benzene rings is 3. The first-order chi connectivity index (χ1) is 41.2. The van der Waals surface area contributed by atoms with Gasteiger partial charge in [0.15, 0.2) is 26.0 Å². The lowest BCUT2D eigenvalue weighted by Crippen LogP contribution is -2.56. The van der Waals surface area contributed by atoms with Gasteiger partial charge >= 0.3 is 46.9 Å². The molecule has 0 radical (unpaired) electrons. The predicted molar refractivity (Wildman–Crippen MR) is 259 cm³/mol. The molecule has 0 aromatic heterocycles. The Bertz CT molecular complexity index is 3550. The van der Waals surface area contributed by atoms with Crippen molar-refractivity contribution < 1.29 is 186 Å². The zero-order chi connectivity index (χ0) is 71.5. The highest BCUT2D eigenvalue weighted by Gasteiger charge is 2.76. The van der Waals surface area contributed by atoms with Crippen molar-refractivity contribution in [3.8, 4) is 5.75 Å². The van der Waals surface area contributed by atoms with E-state index in [0.717, 1.165) is 55.4 Å². The van der Waals surface area contributed by atoms with Gasteiger partial charge in [-0.05, 0) is 78.7 Å². The molecule has 22 nitrogen and oxygen atoms in total. The fourth-order valence-electron chi connectivity index (χ4n) is 8.48. The largest absolute Gasteiger partial charge is 0.748 e. The van der Waals surface area contributed by atoms with Crippen molar-refractivity contribution in [1.82, 2.24) is 0 Å². The third kappa shape index (κ3) is 26.3. The van der Waals surface area contributed by atoms with Crippen molar-refractivity contribution in [2.45, 2.75) is 91.7 Å². The number of ether oxygens (including phenoxy) is 6. The van der Waals surface area contributed by atoms with Gasteiger partial charge in [0.1, 0.15) is 74.0 Å². The maximum absolute atomic E-state index is 13.2. The quantitative estimate of drug-likeness (QED) is 0.0149. The Morgan fingerprint density at radius 2 is 1.01 bits per heavy atom. The maximum atomic E-state index is 13.2. The summed E-state index contributed by atoms with van der Waals surface area (Å²) in [4.78, 5) is 10.8. The number of halogens is 20. The molecule has 3 aromatic carbocycles. The van der Waals surface area contributed by atoms with Gasteiger partial charge in [0.05, 0.1) is 18.8 Å². The summed E-state index contributed by atoms with van der Waals surface area (Å²) in [5, 5.41) is -6.83. The lowest BCUT2D eigenvalue weighted by atomic mass is 9.54. The van der Waals surface area contributed by atoms with Gasteiger partial charge in [-0.2, -0.15) is 74.6 Å². The average molecular weight is 1480 g/mol. The van der Waals surface area contributed by atoms with Gasteiger partial charge in [0.25, 0.3) is 0 Å². The zero-order valence-corrected chi connectivity index (χ0v) is 49.3. The van der Waals surface area contributed by atoms with E-state index in [4.69, 9.17) is 4.74 Å². The Hall–Kier alpha value is -5.08. The highest BCUT2D eigenvalue weighted by Crippen LogP contribution is 2.57. The van der Waals surface area contributed by atoms with Gasteiger partial charge in [0.2, 0.25) is 29.1 Å². The van der Waals surface area contributed by atoms with Gasteiger partial charge in [0, 0.05) is 0 Å². The summed E-state index contributed by atoms with van der Waals surface area (Å²) < 4.78 is 425. The molecule has 3 aromatic rings. The molecule has 0 saturated heterocycles. The van der Waals surface area contributed by atoms with Crippen molar-refractivity contribution in [1.29, 1.82) is 0 Å². The molecule has 0 atom stereocenters. The van der Waals surface area contributed by atoms with Crippen LogP contribution in [0.15, 0.2) is 55.1 Å². The predicted octanol–water partition coefficient (Wildman–Crippen LogP) is 7.71. The molecule has 4 aliphatic rings. The van der Waals surface area contributed by atoms with Gasteiger partial charge in [-0.15, -0.1) is 6.58 Å². The van der Waals surface area contributed by atoms with Crippen LogP contribution < -0.4 is 4.74 Å². The number of hydrogen-bond donors (Lipinski definition) is 0. The molecule has 0 spiro atoms. The first kappa shape index (κ1) is 83.0. The van der Waals surface area contributed by atoms with Crippen LogP contribution in [-0.2, 0) is 85.7 Å². The number of rotatable bonds is 25. The van der Waals surface area contributed by atoms with Crippen LogP contribution in [0.2, 0.25) is 0 Å². The average Bonchev–Trinajstić information content (AvgIpc) is 0.759. The maximum Gasteiger partial charge on any atom is 0.462 e. The monoisotopic (exact) mass is 1480 g/mol. The molecule has 4 bridgehead atoms. The van der Waals surface area contributed by atoms with Crippen LogP contribution >= 0.6 is 0 Å². The number of carbonyl (C=O) groups excluding carboxylic acids is 1. The molecule has 4 saturated carbocycles. The minimum absolute atomic E-state index is 0.198. The summed E-state index contributed by atoms with van der Waals surface area (Å²) in [5.74, 6) is -26.1. The highest BCUT2D eigenvalue weighted by atomic mass is 32.2. The standard InChI is InChI=1S/C13H12F2O4S.C12H18F2O4S.C10H7F5O6S.C5H3F9O4S.C5H8F2O4S/c14-13(15,20(16,17)18)9-19-8-10-5-6-11-3-1-2-4-12(11)7-10;13-12(14,19(15,16)17)7-18-11-4-8-1-9(5-11)3-10(2-8)6-11;11-5-6(12)8(14)10(9(15)7(5)13)21-2-1-20-4(16)3-22(17,18)19;6-2(7,1-19(15,16)17)18-5(13,14)3(8,9)4(10,11)12;1-2-3-11-5(6,7)4-12(8,9)10/h1-7H,8-9H2,(H,16,17,18);8-10H,1-7H2,(H,15,16,17);1-3H2,(H,17,18,19);1H2,(H,15,16,17);2H,1,3-4H2,(H,8,9,10)/p-5. The van der Waals surface area contributed by atoms with Gasteiger partial charge in [-0.25, -0.2) is 60.0 Å². The zero-order valence-electron chi connectivity index (χ0n) is 45.2. The molecule has 0 unspecified atom stereocenters. The molecule has 92 heavy (non-hydrogen) atoms.